The van der Waals surface area contributed by atoms with Crippen LogP contribution in [-0.4, -0.2) is 27.9 Å². The molecule has 1 N–H and O–H groups in total. The van der Waals surface area contributed by atoms with Crippen LogP contribution in [0.5, 0.6) is 11.6 Å². The lowest BCUT2D eigenvalue weighted by Gasteiger charge is -2.14. The zero-order chi connectivity index (χ0) is 22.8. The fraction of sp³-hybridized carbons (Fsp3) is 0.0435. The van der Waals surface area contributed by atoms with Gasteiger partial charge in [-0.25, -0.2) is 4.57 Å². The zero-order valence-electron chi connectivity index (χ0n) is 16.7. The molecule has 1 heterocycles. The van der Waals surface area contributed by atoms with Gasteiger partial charge in [-0.15, -0.1) is 0 Å². The van der Waals surface area contributed by atoms with E-state index in [9.17, 15) is 20.0 Å². The molecule has 0 radical (unpaired) electrons. The van der Waals surface area contributed by atoms with Crippen molar-refractivity contribution in [1.29, 1.82) is 0 Å². The molecule has 0 bridgehead atoms. The molecule has 160 valence electrons. The summed E-state index contributed by atoms with van der Waals surface area (Å²) in [7, 11) is 1.51. The Kier molecular flexibility index (Phi) is 5.61. The first-order valence-electron chi connectivity index (χ1n) is 9.40. The summed E-state index contributed by atoms with van der Waals surface area (Å²) in [6, 6.07) is 17.7. The second kappa shape index (κ2) is 8.52. The quantitative estimate of drug-likeness (QED) is 0.261. The summed E-state index contributed by atoms with van der Waals surface area (Å²) in [6.07, 6.45) is 1.36. The third kappa shape index (κ3) is 3.79. The van der Waals surface area contributed by atoms with Gasteiger partial charge in [0.15, 0.2) is 0 Å². The van der Waals surface area contributed by atoms with Gasteiger partial charge in [-0.2, -0.15) is 0 Å². The molecule has 4 rings (SSSR count). The van der Waals surface area contributed by atoms with Crippen LogP contribution in [-0.2, 0) is 0 Å². The number of ether oxygens (including phenoxy) is 1. The minimum atomic E-state index is -0.600. The van der Waals surface area contributed by atoms with E-state index >= 15 is 0 Å². The number of nitrogens with zero attached hydrogens (tertiary/aromatic N) is 3. The molecule has 8 nitrogen and oxygen atoms in total. The molecule has 0 saturated heterocycles. The number of benzene rings is 3. The van der Waals surface area contributed by atoms with E-state index in [-0.39, 0.29) is 27.8 Å². The van der Waals surface area contributed by atoms with Crippen molar-refractivity contribution in [3.05, 3.63) is 97.8 Å². The van der Waals surface area contributed by atoms with Gasteiger partial charge in [0.05, 0.1) is 29.0 Å². The van der Waals surface area contributed by atoms with E-state index in [4.69, 9.17) is 16.3 Å². The summed E-state index contributed by atoms with van der Waals surface area (Å²) in [5.74, 6) is 0.194. The number of aromatic nitrogens is 1. The molecule has 0 spiro atoms. The molecule has 4 aromatic rings. The van der Waals surface area contributed by atoms with Crippen LogP contribution in [0.25, 0.3) is 16.5 Å². The lowest BCUT2D eigenvalue weighted by molar-refractivity contribution is -0.384. The van der Waals surface area contributed by atoms with Gasteiger partial charge >= 0.3 is 0 Å². The highest BCUT2D eigenvalue weighted by Crippen LogP contribution is 2.30. The first-order valence-corrected chi connectivity index (χ1v) is 9.77. The van der Waals surface area contributed by atoms with Crippen LogP contribution >= 0.6 is 11.6 Å². The molecule has 32 heavy (non-hydrogen) atoms. The number of rotatable bonds is 5. The van der Waals surface area contributed by atoms with Gasteiger partial charge in [-0.1, -0.05) is 35.9 Å². The summed E-state index contributed by atoms with van der Waals surface area (Å²) >= 11 is 5.86. The van der Waals surface area contributed by atoms with E-state index in [0.29, 0.717) is 22.2 Å². The van der Waals surface area contributed by atoms with Crippen LogP contribution in [0.1, 0.15) is 5.56 Å². The fourth-order valence-corrected chi connectivity index (χ4v) is 3.53. The minimum absolute atomic E-state index is 0.00572. The van der Waals surface area contributed by atoms with Gasteiger partial charge in [0, 0.05) is 29.1 Å². The molecule has 0 fully saturated rings. The van der Waals surface area contributed by atoms with E-state index in [1.165, 1.54) is 31.5 Å². The third-order valence-electron chi connectivity index (χ3n) is 4.88. The molecule has 0 saturated carbocycles. The van der Waals surface area contributed by atoms with E-state index in [1.54, 1.807) is 48.5 Å². The van der Waals surface area contributed by atoms with Crippen LogP contribution in [0.15, 0.2) is 76.5 Å². The van der Waals surface area contributed by atoms with Crippen molar-refractivity contribution in [2.75, 3.05) is 7.11 Å². The maximum Gasteiger partial charge on any atom is 0.290 e. The van der Waals surface area contributed by atoms with Crippen molar-refractivity contribution >= 4 is 40.0 Å². The van der Waals surface area contributed by atoms with E-state index < -0.39 is 10.5 Å². The molecule has 9 heteroatoms. The number of nitro benzene ring substituents is 1. The fourth-order valence-electron chi connectivity index (χ4n) is 3.34. The Hall–Kier alpha value is -4.17. The van der Waals surface area contributed by atoms with E-state index in [0.717, 1.165) is 4.57 Å². The number of methoxy groups -OCH3 is 1. The van der Waals surface area contributed by atoms with Crippen LogP contribution in [0.4, 0.5) is 11.4 Å². The van der Waals surface area contributed by atoms with Crippen LogP contribution in [0.3, 0.4) is 0 Å². The monoisotopic (exact) mass is 449 g/mol. The van der Waals surface area contributed by atoms with Crippen LogP contribution in [0.2, 0.25) is 5.02 Å². The Morgan fingerprint density at radius 1 is 1.09 bits per heavy atom. The average molecular weight is 450 g/mol. The molecular formula is C23H16ClN3O5. The summed E-state index contributed by atoms with van der Waals surface area (Å²) in [5, 5.41) is 23.1. The van der Waals surface area contributed by atoms with Gasteiger partial charge in [-0.3, -0.25) is 19.9 Å². The second-order valence-corrected chi connectivity index (χ2v) is 7.18. The topological polar surface area (TPSA) is 107 Å². The van der Waals surface area contributed by atoms with Crippen molar-refractivity contribution in [3.63, 3.8) is 0 Å². The number of hydrogen-bond donors (Lipinski definition) is 1. The summed E-state index contributed by atoms with van der Waals surface area (Å²) < 4.78 is 6.39. The molecule has 3 aromatic carbocycles. The second-order valence-electron chi connectivity index (χ2n) is 6.78. The summed E-state index contributed by atoms with van der Waals surface area (Å²) in [4.78, 5) is 28.0. The third-order valence-corrected chi connectivity index (χ3v) is 5.20. The Morgan fingerprint density at radius 2 is 1.84 bits per heavy atom. The average Bonchev–Trinajstić information content (AvgIpc) is 2.80. The van der Waals surface area contributed by atoms with Crippen molar-refractivity contribution in [3.8, 4) is 17.3 Å². The highest BCUT2D eigenvalue weighted by Gasteiger charge is 2.17. The molecule has 0 atom stereocenters. The van der Waals surface area contributed by atoms with Crippen molar-refractivity contribution in [1.82, 2.24) is 4.57 Å². The van der Waals surface area contributed by atoms with Crippen LogP contribution in [0, 0.1) is 10.1 Å². The molecule has 0 aliphatic heterocycles. The van der Waals surface area contributed by atoms with E-state index in [2.05, 4.69) is 4.99 Å². The Balaban J connectivity index is 1.93. The number of halogens is 1. The van der Waals surface area contributed by atoms with Crippen LogP contribution < -0.4 is 10.3 Å². The van der Waals surface area contributed by atoms with Crippen molar-refractivity contribution in [2.24, 2.45) is 4.99 Å². The van der Waals surface area contributed by atoms with Crippen molar-refractivity contribution in [2.45, 2.75) is 0 Å². The lowest BCUT2D eigenvalue weighted by atomic mass is 10.1. The predicted molar refractivity (Wildman–Crippen MR) is 123 cm³/mol. The lowest BCUT2D eigenvalue weighted by Crippen LogP contribution is -2.20. The number of nitro groups is 1. The first-order chi connectivity index (χ1) is 15.4. The largest absolute Gasteiger partial charge is 0.497 e. The number of pyridine rings is 1. The number of aliphatic imine (C=N–C) groups is 1. The number of aromatic hydroxyl groups is 1. The Morgan fingerprint density at radius 3 is 2.56 bits per heavy atom. The molecular weight excluding hydrogens is 434 g/mol. The van der Waals surface area contributed by atoms with E-state index in [1.807, 2.05) is 0 Å². The summed E-state index contributed by atoms with van der Waals surface area (Å²) in [5.41, 5.74) is 0.265. The minimum Gasteiger partial charge on any atom is -0.497 e. The number of fused-ring (bicyclic) bond motifs is 1. The number of hydrogen-bond acceptors (Lipinski definition) is 6. The van der Waals surface area contributed by atoms with Gasteiger partial charge in [0.2, 0.25) is 5.88 Å². The molecule has 0 aliphatic rings. The zero-order valence-corrected chi connectivity index (χ0v) is 17.5. The Labute approximate surface area is 186 Å². The Bertz CT molecular complexity index is 1450. The van der Waals surface area contributed by atoms with Gasteiger partial charge in [0.25, 0.3) is 11.2 Å². The van der Waals surface area contributed by atoms with Crippen molar-refractivity contribution < 1.29 is 14.8 Å². The maximum absolute atomic E-state index is 13.2. The standard InChI is InChI=1S/C23H16ClN3O5/c1-32-16-6-4-5-15(12-16)26-22(28)18-8-3-2-7-17(18)19(23(26)29)13-25-14-9-10-20(24)21(11-14)27(30)31/h2-13,29H,1H3. The molecule has 1 aromatic heterocycles. The molecule has 0 amide bonds. The SMILES string of the molecule is COc1cccc(-n2c(O)c(C=Nc3ccc(Cl)c([N+](=O)[O-])c3)c3ccccc3c2=O)c1. The van der Waals surface area contributed by atoms with Gasteiger partial charge in [0.1, 0.15) is 10.8 Å². The molecule has 0 unspecified atom stereocenters. The highest BCUT2D eigenvalue weighted by molar-refractivity contribution is 6.32. The smallest absolute Gasteiger partial charge is 0.290 e. The normalized spacial score (nSPS) is 11.2. The maximum atomic E-state index is 13.2. The van der Waals surface area contributed by atoms with Gasteiger partial charge in [-0.05, 0) is 30.3 Å². The first kappa shape index (κ1) is 21.1. The van der Waals surface area contributed by atoms with Gasteiger partial charge < -0.3 is 9.84 Å². The predicted octanol–water partition coefficient (Wildman–Crippen LogP) is 5.02. The summed E-state index contributed by atoms with van der Waals surface area (Å²) in [6.45, 7) is 0. The highest BCUT2D eigenvalue weighted by atomic mass is 35.5. The molecule has 0 aliphatic carbocycles.